The number of rotatable bonds is 4. The first kappa shape index (κ1) is 10.7. The van der Waals surface area contributed by atoms with Crippen LogP contribution in [0, 0.1) is 0 Å². The van der Waals surface area contributed by atoms with E-state index in [2.05, 4.69) is 0 Å². The van der Waals surface area contributed by atoms with Crippen molar-refractivity contribution in [3.63, 3.8) is 0 Å². The second-order valence-corrected chi connectivity index (χ2v) is 2.69. The quantitative estimate of drug-likeness (QED) is 0.687. The Bertz CT molecular complexity index is 301. The topological polar surface area (TPSA) is 30.9 Å². The number of ether oxygens (including phenoxy) is 2. The molecule has 0 saturated carbocycles. The molecule has 0 saturated heterocycles. The average Bonchev–Trinajstić information content (AvgIpc) is 2.26. The molecule has 0 aliphatic carbocycles. The van der Waals surface area contributed by atoms with Crippen molar-refractivity contribution in [3.05, 3.63) is 18.2 Å². The fourth-order valence-electron chi connectivity index (χ4n) is 1.22. The van der Waals surface area contributed by atoms with Crippen LogP contribution in [0.3, 0.4) is 0 Å². The molecule has 4 nitrogen and oxygen atoms in total. The molecule has 1 aromatic carbocycles. The molecule has 0 N–H and O–H groups in total. The molecule has 78 valence electrons. The Hall–Kier alpha value is -1.42. The molecular formula is C10H15NO3. The largest absolute Gasteiger partial charge is 0.493 e. The van der Waals surface area contributed by atoms with E-state index < -0.39 is 0 Å². The zero-order valence-electron chi connectivity index (χ0n) is 8.90. The molecule has 1 rings (SSSR count). The lowest BCUT2D eigenvalue weighted by atomic mass is 10.2. The summed E-state index contributed by atoms with van der Waals surface area (Å²) in [6, 6.07) is 5.61. The van der Waals surface area contributed by atoms with Crippen LogP contribution >= 0.6 is 0 Å². The SMILES string of the molecule is COc1cccc(N(C)OC)c1OC. The van der Waals surface area contributed by atoms with Gasteiger partial charge in [-0.1, -0.05) is 6.07 Å². The molecule has 0 aliphatic rings. The summed E-state index contributed by atoms with van der Waals surface area (Å²) in [7, 11) is 6.61. The Kier molecular flexibility index (Phi) is 3.59. The first-order valence-corrected chi connectivity index (χ1v) is 4.23. The maximum atomic E-state index is 5.24. The molecule has 0 unspecified atom stereocenters. The summed E-state index contributed by atoms with van der Waals surface area (Å²) in [5.41, 5.74) is 0.828. The fraction of sp³-hybridized carbons (Fsp3) is 0.400. The van der Waals surface area contributed by atoms with Crippen molar-refractivity contribution in [3.8, 4) is 11.5 Å². The van der Waals surface area contributed by atoms with Crippen LogP contribution in [0.15, 0.2) is 18.2 Å². The normalized spacial score (nSPS) is 9.71. The first-order valence-electron chi connectivity index (χ1n) is 4.23. The van der Waals surface area contributed by atoms with E-state index in [4.69, 9.17) is 14.3 Å². The highest BCUT2D eigenvalue weighted by atomic mass is 16.7. The van der Waals surface area contributed by atoms with E-state index in [1.165, 1.54) is 0 Å². The van der Waals surface area contributed by atoms with Gasteiger partial charge in [-0.2, -0.15) is 0 Å². The molecule has 14 heavy (non-hydrogen) atoms. The molecule has 4 heteroatoms. The lowest BCUT2D eigenvalue weighted by molar-refractivity contribution is 0.182. The van der Waals surface area contributed by atoms with Crippen molar-refractivity contribution < 1.29 is 14.3 Å². The Morgan fingerprint density at radius 2 is 1.79 bits per heavy atom. The second-order valence-electron chi connectivity index (χ2n) is 2.69. The van der Waals surface area contributed by atoms with Crippen LogP contribution in [0.25, 0.3) is 0 Å². The number of nitrogens with zero attached hydrogens (tertiary/aromatic N) is 1. The summed E-state index contributed by atoms with van der Waals surface area (Å²) in [6.07, 6.45) is 0. The van der Waals surface area contributed by atoms with Crippen LogP contribution in [-0.2, 0) is 4.84 Å². The van der Waals surface area contributed by atoms with Crippen LogP contribution in [-0.4, -0.2) is 28.4 Å². The van der Waals surface area contributed by atoms with Gasteiger partial charge in [0.2, 0.25) is 0 Å². The van der Waals surface area contributed by atoms with Crippen LogP contribution in [0.5, 0.6) is 11.5 Å². The van der Waals surface area contributed by atoms with E-state index in [1.54, 1.807) is 33.4 Å². The third-order valence-electron chi connectivity index (χ3n) is 2.00. The average molecular weight is 197 g/mol. The highest BCUT2D eigenvalue weighted by Crippen LogP contribution is 2.36. The predicted octanol–water partition coefficient (Wildman–Crippen LogP) is 1.70. The number of hydrogen-bond acceptors (Lipinski definition) is 4. The highest BCUT2D eigenvalue weighted by Gasteiger charge is 2.12. The van der Waals surface area contributed by atoms with Crippen LogP contribution < -0.4 is 14.5 Å². The smallest absolute Gasteiger partial charge is 0.186 e. The van der Waals surface area contributed by atoms with Gasteiger partial charge in [0.1, 0.15) is 5.69 Å². The second kappa shape index (κ2) is 4.72. The molecule has 0 aliphatic heterocycles. The van der Waals surface area contributed by atoms with E-state index in [9.17, 15) is 0 Å². The molecule has 1 aromatic rings. The lowest BCUT2D eigenvalue weighted by Crippen LogP contribution is -2.15. The number of benzene rings is 1. The molecule has 0 heterocycles. The minimum atomic E-state index is 0.666. The maximum absolute atomic E-state index is 5.24. The number of hydrogen-bond donors (Lipinski definition) is 0. The van der Waals surface area contributed by atoms with Gasteiger partial charge in [0.05, 0.1) is 21.3 Å². The molecule has 0 fully saturated rings. The molecule has 0 amide bonds. The van der Waals surface area contributed by atoms with Crippen molar-refractivity contribution in [2.24, 2.45) is 0 Å². The standard InChI is InChI=1S/C10H15NO3/c1-11(14-4)8-6-5-7-9(12-2)10(8)13-3/h5-7H,1-4H3. The summed E-state index contributed by atoms with van der Waals surface area (Å²) >= 11 is 0. The zero-order chi connectivity index (χ0) is 10.6. The third kappa shape index (κ3) is 1.90. The van der Waals surface area contributed by atoms with Crippen LogP contribution in [0.1, 0.15) is 0 Å². The van der Waals surface area contributed by atoms with Crippen molar-refractivity contribution >= 4 is 5.69 Å². The van der Waals surface area contributed by atoms with Crippen molar-refractivity contribution in [1.82, 2.24) is 0 Å². The Morgan fingerprint density at radius 3 is 2.29 bits per heavy atom. The molecule has 0 aromatic heterocycles. The zero-order valence-corrected chi connectivity index (χ0v) is 8.90. The summed E-state index contributed by atoms with van der Waals surface area (Å²) < 4.78 is 10.4. The van der Waals surface area contributed by atoms with Crippen molar-refractivity contribution in [1.29, 1.82) is 0 Å². The van der Waals surface area contributed by atoms with Gasteiger partial charge < -0.3 is 9.47 Å². The Labute approximate surface area is 83.9 Å². The Balaban J connectivity index is 3.14. The predicted molar refractivity (Wildman–Crippen MR) is 55.0 cm³/mol. The van der Waals surface area contributed by atoms with Gasteiger partial charge in [-0.25, -0.2) is 0 Å². The van der Waals surface area contributed by atoms with Crippen molar-refractivity contribution in [2.75, 3.05) is 33.4 Å². The monoisotopic (exact) mass is 197 g/mol. The molecule has 0 radical (unpaired) electrons. The minimum absolute atomic E-state index is 0.666. The van der Waals surface area contributed by atoms with E-state index >= 15 is 0 Å². The fourth-order valence-corrected chi connectivity index (χ4v) is 1.22. The van der Waals surface area contributed by atoms with E-state index in [0.717, 1.165) is 5.69 Å². The summed E-state index contributed by atoms with van der Waals surface area (Å²) in [5.74, 6) is 1.35. The Morgan fingerprint density at radius 1 is 1.07 bits per heavy atom. The van der Waals surface area contributed by atoms with Crippen molar-refractivity contribution in [2.45, 2.75) is 0 Å². The third-order valence-corrected chi connectivity index (χ3v) is 2.00. The minimum Gasteiger partial charge on any atom is -0.493 e. The van der Waals surface area contributed by atoms with Gasteiger partial charge in [0.15, 0.2) is 11.5 Å². The maximum Gasteiger partial charge on any atom is 0.186 e. The van der Waals surface area contributed by atoms with Gasteiger partial charge in [-0.3, -0.25) is 9.90 Å². The van der Waals surface area contributed by atoms with Gasteiger partial charge in [0.25, 0.3) is 0 Å². The van der Waals surface area contributed by atoms with E-state index in [1.807, 2.05) is 18.2 Å². The molecule has 0 bridgehead atoms. The summed E-state index contributed by atoms with van der Waals surface area (Å²) in [6.45, 7) is 0. The lowest BCUT2D eigenvalue weighted by Gasteiger charge is -2.20. The number of anilines is 1. The molecule has 0 spiro atoms. The first-order chi connectivity index (χ1) is 6.74. The van der Waals surface area contributed by atoms with Gasteiger partial charge >= 0.3 is 0 Å². The highest BCUT2D eigenvalue weighted by molar-refractivity contribution is 5.63. The van der Waals surface area contributed by atoms with E-state index in [-0.39, 0.29) is 0 Å². The number of methoxy groups -OCH3 is 2. The molecule has 0 atom stereocenters. The van der Waals surface area contributed by atoms with Crippen LogP contribution in [0.2, 0.25) is 0 Å². The van der Waals surface area contributed by atoms with Gasteiger partial charge in [-0.15, -0.1) is 0 Å². The van der Waals surface area contributed by atoms with Gasteiger partial charge in [-0.05, 0) is 12.1 Å². The van der Waals surface area contributed by atoms with Crippen LogP contribution in [0.4, 0.5) is 5.69 Å². The van der Waals surface area contributed by atoms with E-state index in [0.29, 0.717) is 11.5 Å². The van der Waals surface area contributed by atoms with Gasteiger partial charge in [0, 0.05) is 7.05 Å². The number of para-hydroxylation sites is 1. The summed E-state index contributed by atoms with van der Waals surface area (Å²) in [4.78, 5) is 5.08. The number of hydroxylamine groups is 1. The summed E-state index contributed by atoms with van der Waals surface area (Å²) in [5, 5.41) is 1.61. The molecular weight excluding hydrogens is 182 g/mol.